The number of rotatable bonds is 2. The molecule has 0 saturated carbocycles. The quantitative estimate of drug-likeness (QED) is 0.878. The highest BCUT2D eigenvalue weighted by molar-refractivity contribution is 9.10. The number of phenols is 1. The summed E-state index contributed by atoms with van der Waals surface area (Å²) >= 11 is 3.35. The van der Waals surface area contributed by atoms with Crippen LogP contribution in [0.2, 0.25) is 0 Å². The maximum atomic E-state index is 10.0. The zero-order valence-corrected chi connectivity index (χ0v) is 10.9. The van der Waals surface area contributed by atoms with E-state index in [4.69, 9.17) is 4.74 Å². The summed E-state index contributed by atoms with van der Waals surface area (Å²) in [5, 5.41) is 13.4. The number of phenolic OH excluding ortho intramolecular Hbond substituents is 1. The summed E-state index contributed by atoms with van der Waals surface area (Å²) in [5.41, 5.74) is 0.971. The van der Waals surface area contributed by atoms with E-state index >= 15 is 0 Å². The van der Waals surface area contributed by atoms with E-state index in [2.05, 4.69) is 21.2 Å². The van der Waals surface area contributed by atoms with Crippen molar-refractivity contribution < 1.29 is 9.84 Å². The highest BCUT2D eigenvalue weighted by atomic mass is 79.9. The minimum absolute atomic E-state index is 0.342. The highest BCUT2D eigenvalue weighted by Gasteiger charge is 2.20. The van der Waals surface area contributed by atoms with Gasteiger partial charge in [-0.1, -0.05) is 0 Å². The molecule has 1 aliphatic rings. The average molecular weight is 286 g/mol. The standard InChI is InChI=1S/C12H16BrNO2/c1-16-9-5-10(12(15)11(13)6-9)8-3-2-4-14-7-8/h5-6,8,14-15H,2-4,7H2,1H3. The first-order valence-corrected chi connectivity index (χ1v) is 6.28. The molecule has 16 heavy (non-hydrogen) atoms. The molecule has 1 aromatic rings. The molecule has 1 fully saturated rings. The van der Waals surface area contributed by atoms with Crippen LogP contribution in [0.5, 0.6) is 11.5 Å². The fraction of sp³-hybridized carbons (Fsp3) is 0.500. The van der Waals surface area contributed by atoms with Gasteiger partial charge >= 0.3 is 0 Å². The predicted molar refractivity (Wildman–Crippen MR) is 67.2 cm³/mol. The summed E-state index contributed by atoms with van der Waals surface area (Å²) in [4.78, 5) is 0. The van der Waals surface area contributed by atoms with Crippen molar-refractivity contribution in [3.05, 3.63) is 22.2 Å². The van der Waals surface area contributed by atoms with Crippen LogP contribution in [0.3, 0.4) is 0 Å². The fourth-order valence-corrected chi connectivity index (χ4v) is 2.60. The molecule has 88 valence electrons. The SMILES string of the molecule is COc1cc(Br)c(O)c(C2CCCNC2)c1. The van der Waals surface area contributed by atoms with Crippen molar-refractivity contribution in [3.63, 3.8) is 0 Å². The topological polar surface area (TPSA) is 41.5 Å². The summed E-state index contributed by atoms with van der Waals surface area (Å²) < 4.78 is 5.92. The first-order chi connectivity index (χ1) is 7.72. The van der Waals surface area contributed by atoms with Gasteiger partial charge in [-0.25, -0.2) is 0 Å². The second kappa shape index (κ2) is 5.06. The lowest BCUT2D eigenvalue weighted by Crippen LogP contribution is -2.28. The molecule has 1 aromatic carbocycles. The molecule has 0 spiro atoms. The molecular weight excluding hydrogens is 270 g/mol. The van der Waals surface area contributed by atoms with Gasteiger partial charge in [0.1, 0.15) is 11.5 Å². The number of aromatic hydroxyl groups is 1. The molecule has 3 nitrogen and oxygen atoms in total. The lowest BCUT2D eigenvalue weighted by Gasteiger charge is -2.24. The number of hydrogen-bond donors (Lipinski definition) is 2. The molecule has 0 amide bonds. The molecule has 2 N–H and O–H groups in total. The Balaban J connectivity index is 2.33. The van der Waals surface area contributed by atoms with E-state index in [9.17, 15) is 5.11 Å². The van der Waals surface area contributed by atoms with Gasteiger partial charge in [0.25, 0.3) is 0 Å². The second-order valence-corrected chi connectivity index (χ2v) is 4.94. The van der Waals surface area contributed by atoms with Crippen molar-refractivity contribution in [3.8, 4) is 11.5 Å². The van der Waals surface area contributed by atoms with E-state index in [0.29, 0.717) is 16.1 Å². The first-order valence-electron chi connectivity index (χ1n) is 5.49. The Morgan fingerprint density at radius 1 is 1.50 bits per heavy atom. The lowest BCUT2D eigenvalue weighted by atomic mass is 9.91. The number of methoxy groups -OCH3 is 1. The summed E-state index contributed by atoms with van der Waals surface area (Å²) in [6.07, 6.45) is 2.26. The molecule has 1 atom stereocenters. The highest BCUT2D eigenvalue weighted by Crippen LogP contribution is 2.38. The maximum Gasteiger partial charge on any atom is 0.133 e. The number of halogens is 1. The van der Waals surface area contributed by atoms with Crippen molar-refractivity contribution in [2.45, 2.75) is 18.8 Å². The van der Waals surface area contributed by atoms with Crippen LogP contribution in [0.25, 0.3) is 0 Å². The Bertz CT molecular complexity index is 376. The van der Waals surface area contributed by atoms with Crippen molar-refractivity contribution in [1.29, 1.82) is 0 Å². The molecule has 2 rings (SSSR count). The molecule has 4 heteroatoms. The molecule has 1 aliphatic heterocycles. The van der Waals surface area contributed by atoms with E-state index in [1.165, 1.54) is 0 Å². The van der Waals surface area contributed by atoms with Crippen molar-refractivity contribution in [2.75, 3.05) is 20.2 Å². The van der Waals surface area contributed by atoms with Gasteiger partial charge in [0.05, 0.1) is 11.6 Å². The minimum atomic E-state index is 0.342. The Morgan fingerprint density at radius 2 is 2.31 bits per heavy atom. The number of benzene rings is 1. The van der Waals surface area contributed by atoms with Crippen LogP contribution < -0.4 is 10.1 Å². The second-order valence-electron chi connectivity index (χ2n) is 4.09. The monoisotopic (exact) mass is 285 g/mol. The van der Waals surface area contributed by atoms with Crippen molar-refractivity contribution >= 4 is 15.9 Å². The molecule has 0 radical (unpaired) electrons. The minimum Gasteiger partial charge on any atom is -0.506 e. The lowest BCUT2D eigenvalue weighted by molar-refractivity contribution is 0.400. The summed E-state index contributed by atoms with van der Waals surface area (Å²) in [5.74, 6) is 1.50. The Labute approximate surface area is 104 Å². The average Bonchev–Trinajstić information content (AvgIpc) is 2.33. The zero-order valence-electron chi connectivity index (χ0n) is 9.29. The molecule has 0 aromatic heterocycles. The van der Waals surface area contributed by atoms with Gasteiger partial charge in [-0.3, -0.25) is 0 Å². The van der Waals surface area contributed by atoms with E-state index in [1.54, 1.807) is 13.2 Å². The van der Waals surface area contributed by atoms with Gasteiger partial charge in [-0.2, -0.15) is 0 Å². The van der Waals surface area contributed by atoms with Crippen LogP contribution in [0.4, 0.5) is 0 Å². The number of hydrogen-bond acceptors (Lipinski definition) is 3. The van der Waals surface area contributed by atoms with Crippen LogP contribution in [0.15, 0.2) is 16.6 Å². The molecule has 0 aliphatic carbocycles. The Hall–Kier alpha value is -0.740. The molecule has 1 saturated heterocycles. The van der Waals surface area contributed by atoms with Gasteiger partial charge < -0.3 is 15.2 Å². The zero-order chi connectivity index (χ0) is 11.5. The summed E-state index contributed by atoms with van der Waals surface area (Å²) in [6.45, 7) is 2.00. The van der Waals surface area contributed by atoms with Gasteiger partial charge in [-0.15, -0.1) is 0 Å². The summed E-state index contributed by atoms with van der Waals surface area (Å²) in [6, 6.07) is 3.72. The van der Waals surface area contributed by atoms with Gasteiger partial charge in [0, 0.05) is 18.0 Å². The van der Waals surface area contributed by atoms with Crippen LogP contribution >= 0.6 is 15.9 Å². The smallest absolute Gasteiger partial charge is 0.133 e. The van der Waals surface area contributed by atoms with Crippen molar-refractivity contribution in [1.82, 2.24) is 5.32 Å². The van der Waals surface area contributed by atoms with E-state index < -0.39 is 0 Å². The molecule has 1 unspecified atom stereocenters. The third kappa shape index (κ3) is 2.33. The van der Waals surface area contributed by atoms with E-state index in [0.717, 1.165) is 37.2 Å². The largest absolute Gasteiger partial charge is 0.506 e. The van der Waals surface area contributed by atoms with E-state index in [-0.39, 0.29) is 0 Å². The maximum absolute atomic E-state index is 10.0. The molecular formula is C12H16BrNO2. The Kier molecular flexibility index (Phi) is 3.71. The van der Waals surface area contributed by atoms with Gasteiger partial charge in [0.2, 0.25) is 0 Å². The normalized spacial score (nSPS) is 20.8. The number of piperidine rings is 1. The molecule has 0 bridgehead atoms. The summed E-state index contributed by atoms with van der Waals surface area (Å²) in [7, 11) is 1.64. The fourth-order valence-electron chi connectivity index (χ4n) is 2.14. The third-order valence-corrected chi connectivity index (χ3v) is 3.64. The van der Waals surface area contributed by atoms with Crippen LogP contribution in [-0.4, -0.2) is 25.3 Å². The first kappa shape index (κ1) is 11.7. The molecule has 1 heterocycles. The third-order valence-electron chi connectivity index (χ3n) is 3.04. The van der Waals surface area contributed by atoms with Crippen LogP contribution in [0, 0.1) is 0 Å². The number of nitrogens with one attached hydrogen (secondary N) is 1. The van der Waals surface area contributed by atoms with Crippen molar-refractivity contribution in [2.24, 2.45) is 0 Å². The predicted octanol–water partition coefficient (Wildman–Crippen LogP) is 2.63. The van der Waals surface area contributed by atoms with Crippen LogP contribution in [0.1, 0.15) is 24.3 Å². The van der Waals surface area contributed by atoms with E-state index in [1.807, 2.05) is 6.07 Å². The van der Waals surface area contributed by atoms with Gasteiger partial charge in [0.15, 0.2) is 0 Å². The Morgan fingerprint density at radius 3 is 2.94 bits per heavy atom. The van der Waals surface area contributed by atoms with Crippen LogP contribution in [-0.2, 0) is 0 Å². The van der Waals surface area contributed by atoms with Gasteiger partial charge in [-0.05, 0) is 47.4 Å². The number of ether oxygens (including phenoxy) is 1.